The molecule has 3 rings (SSSR count). The number of aryl methyl sites for hydroxylation is 1. The maximum Gasteiger partial charge on any atom is 0.152 e. The lowest BCUT2D eigenvalue weighted by atomic mass is 9.96. The first-order chi connectivity index (χ1) is 11.1. The van der Waals surface area contributed by atoms with E-state index >= 15 is 0 Å². The van der Waals surface area contributed by atoms with Crippen molar-refractivity contribution in [2.24, 2.45) is 5.92 Å². The van der Waals surface area contributed by atoms with Crippen molar-refractivity contribution in [2.45, 2.75) is 26.8 Å². The number of hydrogen-bond donors (Lipinski definition) is 1. The van der Waals surface area contributed by atoms with Crippen molar-refractivity contribution < 1.29 is 4.74 Å². The summed E-state index contributed by atoms with van der Waals surface area (Å²) in [5.41, 5.74) is 3.18. The number of anilines is 1. The van der Waals surface area contributed by atoms with E-state index in [2.05, 4.69) is 41.4 Å². The van der Waals surface area contributed by atoms with Crippen molar-refractivity contribution in [3.8, 4) is 5.75 Å². The van der Waals surface area contributed by atoms with Crippen LogP contribution in [0.1, 0.15) is 31.1 Å². The molecule has 2 heterocycles. The molecule has 23 heavy (non-hydrogen) atoms. The monoisotopic (exact) mass is 310 g/mol. The van der Waals surface area contributed by atoms with Crippen LogP contribution in [-0.4, -0.2) is 21.7 Å². The van der Waals surface area contributed by atoms with Crippen molar-refractivity contribution in [2.75, 3.05) is 12.4 Å². The molecule has 1 N–H and O–H groups in total. The Morgan fingerprint density at radius 3 is 2.57 bits per heavy atom. The molecule has 0 saturated carbocycles. The maximum atomic E-state index is 5.24. The van der Waals surface area contributed by atoms with E-state index in [1.54, 1.807) is 13.3 Å². The first kappa shape index (κ1) is 15.3. The second-order valence-electron chi connectivity index (χ2n) is 6.03. The van der Waals surface area contributed by atoms with Crippen molar-refractivity contribution in [1.29, 1.82) is 0 Å². The molecule has 0 aliphatic rings. The lowest BCUT2D eigenvalue weighted by Gasteiger charge is -2.24. The van der Waals surface area contributed by atoms with Gasteiger partial charge in [-0.05, 0) is 36.6 Å². The van der Waals surface area contributed by atoms with E-state index in [0.29, 0.717) is 5.92 Å². The fourth-order valence-electron chi connectivity index (χ4n) is 2.75. The number of benzene rings is 1. The van der Waals surface area contributed by atoms with Crippen LogP contribution in [0.15, 0.2) is 42.7 Å². The Labute approximate surface area is 136 Å². The van der Waals surface area contributed by atoms with E-state index < -0.39 is 0 Å². The predicted molar refractivity (Wildman–Crippen MR) is 91.9 cm³/mol. The highest BCUT2D eigenvalue weighted by Gasteiger charge is 2.18. The smallest absolute Gasteiger partial charge is 0.152 e. The van der Waals surface area contributed by atoms with Gasteiger partial charge in [0, 0.05) is 12.4 Å². The van der Waals surface area contributed by atoms with Gasteiger partial charge in [0.2, 0.25) is 0 Å². The zero-order valence-corrected chi connectivity index (χ0v) is 13.9. The summed E-state index contributed by atoms with van der Waals surface area (Å²) in [6, 6.07) is 10.4. The Morgan fingerprint density at radius 2 is 1.91 bits per heavy atom. The van der Waals surface area contributed by atoms with Crippen LogP contribution in [0, 0.1) is 12.8 Å². The zero-order chi connectivity index (χ0) is 16.4. The highest BCUT2D eigenvalue weighted by Crippen LogP contribution is 2.28. The summed E-state index contributed by atoms with van der Waals surface area (Å²) in [7, 11) is 1.68. The molecule has 1 atom stereocenters. The van der Waals surface area contributed by atoms with E-state index in [0.717, 1.165) is 22.8 Å². The molecule has 0 aliphatic heterocycles. The quantitative estimate of drug-likeness (QED) is 0.777. The molecule has 0 saturated heterocycles. The fourth-order valence-corrected chi connectivity index (χ4v) is 2.75. The van der Waals surface area contributed by atoms with Crippen LogP contribution in [0.4, 0.5) is 5.82 Å². The second-order valence-corrected chi connectivity index (χ2v) is 6.03. The highest BCUT2D eigenvalue weighted by molar-refractivity contribution is 5.68. The Bertz CT molecular complexity index is 792. The number of ether oxygens (including phenoxy) is 1. The molecule has 0 radical (unpaired) electrons. The Morgan fingerprint density at radius 1 is 1.17 bits per heavy atom. The summed E-state index contributed by atoms with van der Waals surface area (Å²) in [5, 5.41) is 8.02. The van der Waals surface area contributed by atoms with E-state index in [-0.39, 0.29) is 6.04 Å². The third kappa shape index (κ3) is 3.13. The largest absolute Gasteiger partial charge is 0.497 e. The molecule has 2 aromatic heterocycles. The van der Waals surface area contributed by atoms with Gasteiger partial charge in [-0.25, -0.2) is 9.50 Å². The molecule has 0 fully saturated rings. The van der Waals surface area contributed by atoms with E-state index in [1.165, 1.54) is 5.56 Å². The van der Waals surface area contributed by atoms with Gasteiger partial charge < -0.3 is 10.1 Å². The summed E-state index contributed by atoms with van der Waals surface area (Å²) in [6.07, 6.45) is 3.64. The van der Waals surface area contributed by atoms with Gasteiger partial charge in [-0.1, -0.05) is 26.0 Å². The van der Waals surface area contributed by atoms with Crippen LogP contribution in [-0.2, 0) is 0 Å². The van der Waals surface area contributed by atoms with E-state index in [9.17, 15) is 0 Å². The molecule has 5 nitrogen and oxygen atoms in total. The molecular formula is C18H22N4O. The summed E-state index contributed by atoms with van der Waals surface area (Å²) >= 11 is 0. The standard InChI is InChI=1S/C18H22N4O/c1-12(2)17(14-5-7-15(23-4)8-6-14)20-18-16-11-13(3)21-22(16)10-9-19-18/h5-12,17H,1-4H3,(H,19,20). The van der Waals surface area contributed by atoms with E-state index in [4.69, 9.17) is 4.74 Å². The molecular weight excluding hydrogens is 288 g/mol. The molecule has 0 aliphatic carbocycles. The van der Waals surface area contributed by atoms with Crippen LogP contribution in [0.2, 0.25) is 0 Å². The van der Waals surface area contributed by atoms with Crippen LogP contribution >= 0.6 is 0 Å². The van der Waals surface area contributed by atoms with Gasteiger partial charge in [0.25, 0.3) is 0 Å². The van der Waals surface area contributed by atoms with Gasteiger partial charge >= 0.3 is 0 Å². The molecule has 0 amide bonds. The lowest BCUT2D eigenvalue weighted by Crippen LogP contribution is -2.18. The molecule has 3 aromatic rings. The first-order valence-electron chi connectivity index (χ1n) is 7.80. The number of methoxy groups -OCH3 is 1. The van der Waals surface area contributed by atoms with Crippen molar-refractivity contribution in [3.63, 3.8) is 0 Å². The van der Waals surface area contributed by atoms with E-state index in [1.807, 2.05) is 35.8 Å². The highest BCUT2D eigenvalue weighted by atomic mass is 16.5. The summed E-state index contributed by atoms with van der Waals surface area (Å²) < 4.78 is 7.10. The maximum absolute atomic E-state index is 5.24. The Kier molecular flexibility index (Phi) is 4.19. The van der Waals surface area contributed by atoms with Crippen LogP contribution in [0.25, 0.3) is 5.52 Å². The predicted octanol–water partition coefficient (Wildman–Crippen LogP) is 3.86. The number of aromatic nitrogens is 3. The van der Waals surface area contributed by atoms with Crippen LogP contribution in [0.3, 0.4) is 0 Å². The van der Waals surface area contributed by atoms with Crippen molar-refractivity contribution in [1.82, 2.24) is 14.6 Å². The summed E-state index contributed by atoms with van der Waals surface area (Å²) in [5.74, 6) is 2.12. The topological polar surface area (TPSA) is 51.5 Å². The number of nitrogens with zero attached hydrogens (tertiary/aromatic N) is 3. The lowest BCUT2D eigenvalue weighted by molar-refractivity contribution is 0.414. The second kappa shape index (κ2) is 6.28. The summed E-state index contributed by atoms with van der Waals surface area (Å²) in [6.45, 7) is 6.38. The van der Waals surface area contributed by atoms with Gasteiger partial charge in [0.05, 0.1) is 18.8 Å². The minimum absolute atomic E-state index is 0.162. The molecule has 0 spiro atoms. The third-order valence-electron chi connectivity index (χ3n) is 3.95. The first-order valence-corrected chi connectivity index (χ1v) is 7.80. The number of nitrogens with one attached hydrogen (secondary N) is 1. The Hall–Kier alpha value is -2.56. The third-order valence-corrected chi connectivity index (χ3v) is 3.95. The van der Waals surface area contributed by atoms with Crippen LogP contribution in [0.5, 0.6) is 5.75 Å². The van der Waals surface area contributed by atoms with Crippen molar-refractivity contribution >= 4 is 11.3 Å². The van der Waals surface area contributed by atoms with Gasteiger partial charge in [-0.15, -0.1) is 0 Å². The fraction of sp³-hybridized carbons (Fsp3) is 0.333. The van der Waals surface area contributed by atoms with Crippen LogP contribution < -0.4 is 10.1 Å². The van der Waals surface area contributed by atoms with Crippen molar-refractivity contribution in [3.05, 3.63) is 54.0 Å². The molecule has 0 bridgehead atoms. The van der Waals surface area contributed by atoms with Gasteiger partial charge in [0.1, 0.15) is 11.3 Å². The van der Waals surface area contributed by atoms with Gasteiger partial charge in [-0.3, -0.25) is 0 Å². The van der Waals surface area contributed by atoms with Gasteiger partial charge in [-0.2, -0.15) is 5.10 Å². The minimum Gasteiger partial charge on any atom is -0.497 e. The number of rotatable bonds is 5. The molecule has 1 aromatic carbocycles. The average molecular weight is 310 g/mol. The normalized spacial score (nSPS) is 12.6. The molecule has 1 unspecified atom stereocenters. The number of hydrogen-bond acceptors (Lipinski definition) is 4. The molecule has 120 valence electrons. The number of fused-ring (bicyclic) bond motifs is 1. The average Bonchev–Trinajstić information content (AvgIpc) is 2.93. The molecule has 5 heteroatoms. The van der Waals surface area contributed by atoms with Gasteiger partial charge in [0.15, 0.2) is 5.82 Å². The zero-order valence-electron chi connectivity index (χ0n) is 13.9. The SMILES string of the molecule is COc1ccc(C(Nc2nccn3nc(C)cc23)C(C)C)cc1. The minimum atomic E-state index is 0.162. The summed E-state index contributed by atoms with van der Waals surface area (Å²) in [4.78, 5) is 4.51. The Balaban J connectivity index is 1.95.